The maximum absolute atomic E-state index is 14.0. The number of allylic oxidation sites excluding steroid dienone is 1. The topological polar surface area (TPSA) is 112 Å². The zero-order valence-electron chi connectivity index (χ0n) is 23.2. The molecule has 6 rings (SSSR count). The lowest BCUT2D eigenvalue weighted by Crippen LogP contribution is -2.40. The number of furan rings is 1. The number of fused-ring (bicyclic) bond motifs is 1. The molecule has 9 nitrogen and oxygen atoms in total. The number of hydrogen-bond donors (Lipinski definition) is 1. The second kappa shape index (κ2) is 12.2. The van der Waals surface area contributed by atoms with Crippen molar-refractivity contribution in [1.29, 1.82) is 0 Å². The number of amides is 1. The summed E-state index contributed by atoms with van der Waals surface area (Å²) in [5, 5.41) is 4.08. The highest BCUT2D eigenvalue weighted by Crippen LogP contribution is 2.35. The van der Waals surface area contributed by atoms with E-state index in [2.05, 4.69) is 31.2 Å². The Balaban J connectivity index is 1.44. The summed E-state index contributed by atoms with van der Waals surface area (Å²) < 4.78 is 14.2. The number of aryl methyl sites for hydroxylation is 1. The van der Waals surface area contributed by atoms with Gasteiger partial charge in [-0.25, -0.2) is 15.0 Å². The Morgan fingerprint density at radius 1 is 1.14 bits per heavy atom. The van der Waals surface area contributed by atoms with E-state index in [0.29, 0.717) is 52.5 Å². The van der Waals surface area contributed by atoms with Crippen LogP contribution in [0.1, 0.15) is 30.0 Å². The highest BCUT2D eigenvalue weighted by atomic mass is 79.9. The third-order valence-electron chi connectivity index (χ3n) is 6.61. The minimum atomic E-state index is -0.731. The van der Waals surface area contributed by atoms with Gasteiger partial charge >= 0.3 is 0 Å². The molecule has 0 saturated heterocycles. The number of carbonyl (C=O) groups is 1. The van der Waals surface area contributed by atoms with Crippen LogP contribution in [0.15, 0.2) is 113 Å². The van der Waals surface area contributed by atoms with E-state index < -0.39 is 6.04 Å². The number of carbonyl (C=O) groups excluding carboxylic acids is 1. The van der Waals surface area contributed by atoms with E-state index in [-0.39, 0.29) is 11.5 Å². The predicted octanol–water partition coefficient (Wildman–Crippen LogP) is 5.49. The quantitative estimate of drug-likeness (QED) is 0.228. The summed E-state index contributed by atoms with van der Waals surface area (Å²) in [5.74, 6) is 0.743. The number of nitrogens with zero attached hydrogens (tertiary/aromatic N) is 4. The van der Waals surface area contributed by atoms with Crippen LogP contribution in [0.3, 0.4) is 0 Å². The van der Waals surface area contributed by atoms with Gasteiger partial charge in [-0.1, -0.05) is 41.7 Å². The number of halogens is 1. The fraction of sp³-hybridized carbons (Fsp3) is 0.129. The number of hydrogen-bond acceptors (Lipinski definition) is 9. The minimum absolute atomic E-state index is 0.294. The first-order valence-electron chi connectivity index (χ1n) is 13.1. The summed E-state index contributed by atoms with van der Waals surface area (Å²) in [6, 6.07) is 19.4. The molecule has 0 unspecified atom stereocenters. The van der Waals surface area contributed by atoms with Crippen molar-refractivity contribution in [2.75, 3.05) is 12.4 Å². The van der Waals surface area contributed by atoms with E-state index in [1.807, 2.05) is 67.6 Å². The van der Waals surface area contributed by atoms with Crippen LogP contribution in [0, 0.1) is 6.92 Å². The van der Waals surface area contributed by atoms with Gasteiger partial charge in [-0.05, 0) is 83.5 Å². The van der Waals surface area contributed by atoms with Crippen molar-refractivity contribution >= 4 is 56.7 Å². The number of nitrogens with one attached hydrogen (secondary N) is 1. The predicted molar refractivity (Wildman–Crippen MR) is 169 cm³/mol. The lowest BCUT2D eigenvalue weighted by atomic mass is 9.95. The molecule has 1 aliphatic heterocycles. The fourth-order valence-corrected chi connectivity index (χ4v) is 7.00. The molecule has 2 aromatic carbocycles. The molecule has 12 heteroatoms. The average Bonchev–Trinajstić information content (AvgIpc) is 3.49. The van der Waals surface area contributed by atoms with Gasteiger partial charge in [-0.2, -0.15) is 0 Å². The van der Waals surface area contributed by atoms with Crippen molar-refractivity contribution in [1.82, 2.24) is 14.5 Å². The maximum Gasteiger partial charge on any atom is 0.271 e. The zero-order chi connectivity index (χ0) is 30.1. The van der Waals surface area contributed by atoms with Crippen LogP contribution in [0.5, 0.6) is 5.75 Å². The van der Waals surface area contributed by atoms with E-state index >= 15 is 0 Å². The highest BCUT2D eigenvalue weighted by Gasteiger charge is 2.33. The summed E-state index contributed by atoms with van der Waals surface area (Å²) in [7, 11) is 1.58. The van der Waals surface area contributed by atoms with Crippen molar-refractivity contribution in [2.45, 2.75) is 30.1 Å². The molecule has 216 valence electrons. The Morgan fingerprint density at radius 3 is 2.72 bits per heavy atom. The molecule has 5 aromatic rings. The third-order valence-corrected chi connectivity index (χ3v) is 9.31. The van der Waals surface area contributed by atoms with Crippen LogP contribution >= 0.6 is 39.0 Å². The van der Waals surface area contributed by atoms with E-state index in [1.54, 1.807) is 36.9 Å². The fourth-order valence-electron chi connectivity index (χ4n) is 4.66. The van der Waals surface area contributed by atoms with Crippen LogP contribution in [-0.2, 0) is 4.79 Å². The molecule has 1 atom stereocenters. The lowest BCUT2D eigenvalue weighted by molar-refractivity contribution is -0.113. The van der Waals surface area contributed by atoms with Gasteiger partial charge in [0.25, 0.3) is 11.5 Å². The number of anilines is 1. The number of rotatable bonds is 7. The molecule has 1 amide bonds. The average molecular weight is 675 g/mol. The smallest absolute Gasteiger partial charge is 0.271 e. The lowest BCUT2D eigenvalue weighted by Gasteiger charge is -2.25. The normalized spacial score (nSPS) is 14.8. The second-order valence-electron chi connectivity index (χ2n) is 9.55. The maximum atomic E-state index is 14.0. The SMILES string of the molecule is COc1cccc([C@H]2C(C(=O)Nc3ccccc3)=C(C)N=c3s/c(=C/c4cc(Br)c(Sc5nccc(C)n5)o4)c(=O)n32)c1. The first kappa shape index (κ1) is 28.8. The number of ether oxygens (including phenoxy) is 1. The zero-order valence-corrected chi connectivity index (χ0v) is 26.4. The Hall–Kier alpha value is -4.26. The Labute approximate surface area is 262 Å². The summed E-state index contributed by atoms with van der Waals surface area (Å²) in [6.45, 7) is 3.68. The van der Waals surface area contributed by atoms with E-state index in [1.165, 1.54) is 23.1 Å². The molecule has 1 aliphatic rings. The Bertz CT molecular complexity index is 2070. The molecule has 0 radical (unpaired) electrons. The molecule has 1 N–H and O–H groups in total. The number of methoxy groups -OCH3 is 1. The van der Waals surface area contributed by atoms with E-state index in [0.717, 1.165) is 11.3 Å². The summed E-state index contributed by atoms with van der Waals surface area (Å²) in [4.78, 5) is 41.6. The molecular formula is C31H24BrN5O4S2. The van der Waals surface area contributed by atoms with Gasteiger partial charge < -0.3 is 14.5 Å². The second-order valence-corrected chi connectivity index (χ2v) is 12.3. The summed E-state index contributed by atoms with van der Waals surface area (Å²) in [5.41, 5.74) is 2.80. The first-order chi connectivity index (χ1) is 20.8. The molecule has 3 aromatic heterocycles. The summed E-state index contributed by atoms with van der Waals surface area (Å²) in [6.07, 6.45) is 3.37. The van der Waals surface area contributed by atoms with Gasteiger partial charge in [-0.15, -0.1) is 0 Å². The van der Waals surface area contributed by atoms with Crippen molar-refractivity contribution in [3.05, 3.63) is 125 Å². The van der Waals surface area contributed by atoms with Crippen LogP contribution < -0.4 is 24.9 Å². The number of aromatic nitrogens is 3. The number of para-hydroxylation sites is 1. The molecule has 0 aliphatic carbocycles. The van der Waals surface area contributed by atoms with E-state index in [4.69, 9.17) is 14.1 Å². The van der Waals surface area contributed by atoms with Crippen molar-refractivity contribution in [3.63, 3.8) is 0 Å². The van der Waals surface area contributed by atoms with Gasteiger partial charge in [0.1, 0.15) is 11.5 Å². The monoisotopic (exact) mass is 673 g/mol. The molecule has 4 heterocycles. The van der Waals surface area contributed by atoms with Crippen LogP contribution in [0.2, 0.25) is 0 Å². The van der Waals surface area contributed by atoms with Gasteiger partial charge in [-0.3, -0.25) is 14.2 Å². The standard InChI is InChI=1S/C31H24BrN5O4S2/c1-17-12-13-33-30(34-17)43-29-23(32)15-22(41-29)16-24-28(39)37-26(19-8-7-11-21(14-19)40-3)25(18(2)35-31(37)42-24)27(38)36-20-9-5-4-6-10-20/h4-16,26H,1-3H3,(H,36,38)/b24-16+/t26-/m0/s1. The van der Waals surface area contributed by atoms with Crippen LogP contribution in [0.25, 0.3) is 6.08 Å². The Kier molecular flexibility index (Phi) is 8.15. The number of benzene rings is 2. The molecule has 0 bridgehead atoms. The third kappa shape index (κ3) is 5.99. The number of thiazole rings is 1. The van der Waals surface area contributed by atoms with Gasteiger partial charge in [0.2, 0.25) is 0 Å². The van der Waals surface area contributed by atoms with Gasteiger partial charge in [0.05, 0.1) is 33.4 Å². The molecule has 0 saturated carbocycles. The first-order valence-corrected chi connectivity index (χ1v) is 15.5. The van der Waals surface area contributed by atoms with Gasteiger partial charge in [0, 0.05) is 23.7 Å². The summed E-state index contributed by atoms with van der Waals surface area (Å²) >= 11 is 6.05. The van der Waals surface area contributed by atoms with Crippen LogP contribution in [0.4, 0.5) is 5.69 Å². The molecular weight excluding hydrogens is 650 g/mol. The van der Waals surface area contributed by atoms with Crippen LogP contribution in [-0.4, -0.2) is 27.6 Å². The Morgan fingerprint density at radius 2 is 1.95 bits per heavy atom. The van der Waals surface area contributed by atoms with Crippen molar-refractivity contribution in [2.24, 2.45) is 4.99 Å². The molecule has 43 heavy (non-hydrogen) atoms. The highest BCUT2D eigenvalue weighted by molar-refractivity contribution is 9.10. The van der Waals surface area contributed by atoms with Gasteiger partial charge in [0.15, 0.2) is 15.1 Å². The minimum Gasteiger partial charge on any atom is -0.497 e. The molecule has 0 spiro atoms. The van der Waals surface area contributed by atoms with Crippen molar-refractivity contribution < 1.29 is 13.9 Å². The van der Waals surface area contributed by atoms with E-state index in [9.17, 15) is 9.59 Å². The van der Waals surface area contributed by atoms with Crippen molar-refractivity contribution in [3.8, 4) is 5.75 Å². The molecule has 0 fully saturated rings. The largest absolute Gasteiger partial charge is 0.497 e.